The molecule has 3 rings (SSSR count). The van der Waals surface area contributed by atoms with Crippen molar-refractivity contribution >= 4 is 15.9 Å². The van der Waals surface area contributed by atoms with Gasteiger partial charge in [-0.05, 0) is 25.1 Å². The van der Waals surface area contributed by atoms with Crippen LogP contribution in [0.1, 0.15) is 37.9 Å². The Morgan fingerprint density at radius 3 is 2.68 bits per heavy atom. The average Bonchev–Trinajstić information content (AvgIpc) is 3.15. The smallest absolute Gasteiger partial charge is 0.230 e. The van der Waals surface area contributed by atoms with E-state index in [0.717, 1.165) is 27.2 Å². The Bertz CT molecular complexity index is 893. The summed E-state index contributed by atoms with van der Waals surface area (Å²) in [7, 11) is 1.63. The zero-order valence-electron chi connectivity index (χ0n) is 15.0. The summed E-state index contributed by atoms with van der Waals surface area (Å²) in [5.41, 5.74) is 2.54. The number of hydrogen-bond donors (Lipinski definition) is 0. The lowest BCUT2D eigenvalue weighted by Crippen LogP contribution is -2.11. The van der Waals surface area contributed by atoms with Gasteiger partial charge in [-0.25, -0.2) is 9.67 Å². The monoisotopic (exact) mass is 404 g/mol. The highest BCUT2D eigenvalue weighted by atomic mass is 79.9. The number of aryl methyl sites for hydroxylation is 1. The minimum atomic E-state index is -0.0358. The average molecular weight is 405 g/mol. The summed E-state index contributed by atoms with van der Waals surface area (Å²) in [6, 6.07) is 5.73. The van der Waals surface area contributed by atoms with Gasteiger partial charge in [0.1, 0.15) is 17.2 Å². The SMILES string of the molecule is COc1ccc(Br)cc1-c1nc(Cn2cc(C(C)(C)C)nn2)c(C)o1. The highest BCUT2D eigenvalue weighted by Gasteiger charge is 2.20. The van der Waals surface area contributed by atoms with Gasteiger partial charge < -0.3 is 9.15 Å². The first-order chi connectivity index (χ1) is 11.8. The van der Waals surface area contributed by atoms with Gasteiger partial charge in [0.25, 0.3) is 0 Å². The molecule has 3 aromatic rings. The minimum absolute atomic E-state index is 0.0358. The van der Waals surface area contributed by atoms with Crippen molar-refractivity contribution in [2.24, 2.45) is 0 Å². The largest absolute Gasteiger partial charge is 0.496 e. The third-order valence-corrected chi connectivity index (χ3v) is 4.40. The van der Waals surface area contributed by atoms with Crippen molar-refractivity contribution in [3.63, 3.8) is 0 Å². The van der Waals surface area contributed by atoms with E-state index in [-0.39, 0.29) is 5.41 Å². The van der Waals surface area contributed by atoms with Crippen LogP contribution in [-0.4, -0.2) is 27.1 Å². The fraction of sp³-hybridized carbons (Fsp3) is 0.389. The van der Waals surface area contributed by atoms with E-state index < -0.39 is 0 Å². The van der Waals surface area contributed by atoms with Crippen molar-refractivity contribution in [2.75, 3.05) is 7.11 Å². The molecular formula is C18H21BrN4O2. The Labute approximate surface area is 155 Å². The molecule has 0 radical (unpaired) electrons. The molecule has 0 aliphatic heterocycles. The minimum Gasteiger partial charge on any atom is -0.496 e. The molecule has 0 spiro atoms. The van der Waals surface area contributed by atoms with Gasteiger partial charge >= 0.3 is 0 Å². The Morgan fingerprint density at radius 2 is 2.04 bits per heavy atom. The van der Waals surface area contributed by atoms with Gasteiger partial charge in [0.2, 0.25) is 5.89 Å². The highest BCUT2D eigenvalue weighted by molar-refractivity contribution is 9.10. The lowest BCUT2D eigenvalue weighted by atomic mass is 9.93. The molecule has 7 heteroatoms. The van der Waals surface area contributed by atoms with Crippen LogP contribution in [0.4, 0.5) is 0 Å². The predicted molar refractivity (Wildman–Crippen MR) is 98.8 cm³/mol. The molecule has 0 atom stereocenters. The van der Waals surface area contributed by atoms with Gasteiger partial charge in [0.05, 0.1) is 24.9 Å². The number of hydrogen-bond acceptors (Lipinski definition) is 5. The fourth-order valence-corrected chi connectivity index (χ4v) is 2.77. The lowest BCUT2D eigenvalue weighted by molar-refractivity contribution is 0.414. The summed E-state index contributed by atoms with van der Waals surface area (Å²) in [4.78, 5) is 4.64. The Hall–Kier alpha value is -2.15. The molecule has 2 heterocycles. The maximum atomic E-state index is 5.87. The lowest BCUT2D eigenvalue weighted by Gasteiger charge is -2.12. The molecule has 0 saturated heterocycles. The van der Waals surface area contributed by atoms with Crippen molar-refractivity contribution < 1.29 is 9.15 Å². The van der Waals surface area contributed by atoms with Crippen molar-refractivity contribution in [2.45, 2.75) is 39.7 Å². The van der Waals surface area contributed by atoms with Gasteiger partial charge in [-0.15, -0.1) is 5.10 Å². The third kappa shape index (κ3) is 3.76. The van der Waals surface area contributed by atoms with Crippen molar-refractivity contribution in [1.29, 1.82) is 0 Å². The number of rotatable bonds is 4. The third-order valence-electron chi connectivity index (χ3n) is 3.90. The number of halogens is 1. The van der Waals surface area contributed by atoms with E-state index in [1.54, 1.807) is 11.8 Å². The van der Waals surface area contributed by atoms with E-state index in [0.29, 0.717) is 18.2 Å². The van der Waals surface area contributed by atoms with Gasteiger partial charge in [0.15, 0.2) is 0 Å². The van der Waals surface area contributed by atoms with Crippen LogP contribution in [0.5, 0.6) is 5.75 Å². The standard InChI is InChI=1S/C18H21BrN4O2/c1-11-14(9-23-10-16(21-22-23)18(2,3)4)20-17(25-11)13-8-12(19)6-7-15(13)24-5/h6-8,10H,9H2,1-5H3. The van der Waals surface area contributed by atoms with Crippen molar-refractivity contribution in [3.8, 4) is 17.2 Å². The number of nitrogens with zero attached hydrogens (tertiary/aromatic N) is 4. The van der Waals surface area contributed by atoms with E-state index >= 15 is 0 Å². The topological polar surface area (TPSA) is 66.0 Å². The number of ether oxygens (including phenoxy) is 1. The molecule has 0 unspecified atom stereocenters. The molecule has 0 N–H and O–H groups in total. The van der Waals surface area contributed by atoms with Crippen LogP contribution in [0, 0.1) is 6.92 Å². The van der Waals surface area contributed by atoms with Crippen LogP contribution in [-0.2, 0) is 12.0 Å². The highest BCUT2D eigenvalue weighted by Crippen LogP contribution is 2.33. The van der Waals surface area contributed by atoms with Crippen LogP contribution < -0.4 is 4.74 Å². The molecule has 2 aromatic heterocycles. The maximum Gasteiger partial charge on any atom is 0.230 e. The normalized spacial score (nSPS) is 11.8. The van der Waals surface area contributed by atoms with Crippen LogP contribution >= 0.6 is 15.9 Å². The fourth-order valence-electron chi connectivity index (χ4n) is 2.41. The van der Waals surface area contributed by atoms with Crippen molar-refractivity contribution in [3.05, 3.63) is 46.0 Å². The summed E-state index contributed by atoms with van der Waals surface area (Å²) >= 11 is 3.48. The van der Waals surface area contributed by atoms with E-state index in [1.807, 2.05) is 31.3 Å². The second kappa shape index (κ2) is 6.63. The van der Waals surface area contributed by atoms with Gasteiger partial charge in [-0.3, -0.25) is 0 Å². The van der Waals surface area contributed by atoms with Crippen molar-refractivity contribution in [1.82, 2.24) is 20.0 Å². The van der Waals surface area contributed by atoms with Gasteiger partial charge in [-0.1, -0.05) is 41.9 Å². The molecule has 0 bridgehead atoms. The number of oxazole rings is 1. The summed E-state index contributed by atoms with van der Waals surface area (Å²) in [5, 5.41) is 8.45. The molecule has 1 aromatic carbocycles. The Morgan fingerprint density at radius 1 is 1.28 bits per heavy atom. The molecule has 0 amide bonds. The maximum absolute atomic E-state index is 5.87. The molecule has 0 aliphatic carbocycles. The molecule has 0 fully saturated rings. The molecule has 0 aliphatic rings. The van der Waals surface area contributed by atoms with Crippen LogP contribution in [0.25, 0.3) is 11.5 Å². The number of aromatic nitrogens is 4. The van der Waals surface area contributed by atoms with E-state index in [9.17, 15) is 0 Å². The van der Waals surface area contributed by atoms with Crippen LogP contribution in [0.15, 0.2) is 33.3 Å². The first kappa shape index (κ1) is 17.7. The predicted octanol–water partition coefficient (Wildman–Crippen LogP) is 4.36. The molecule has 6 nitrogen and oxygen atoms in total. The molecular weight excluding hydrogens is 384 g/mol. The van der Waals surface area contributed by atoms with Gasteiger partial charge in [0, 0.05) is 16.1 Å². The summed E-state index contributed by atoms with van der Waals surface area (Å²) in [5.74, 6) is 2.00. The van der Waals surface area contributed by atoms with Crippen LogP contribution in [0.3, 0.4) is 0 Å². The molecule has 0 saturated carbocycles. The first-order valence-electron chi connectivity index (χ1n) is 7.99. The quantitative estimate of drug-likeness (QED) is 0.646. The van der Waals surface area contributed by atoms with E-state index in [2.05, 4.69) is 52.0 Å². The molecule has 25 heavy (non-hydrogen) atoms. The van der Waals surface area contributed by atoms with Crippen LogP contribution in [0.2, 0.25) is 0 Å². The Balaban J connectivity index is 1.91. The second-order valence-corrected chi connectivity index (χ2v) is 7.83. The number of methoxy groups -OCH3 is 1. The summed E-state index contributed by atoms with van der Waals surface area (Å²) in [6.07, 6.45) is 1.95. The van der Waals surface area contributed by atoms with Gasteiger partial charge in [-0.2, -0.15) is 0 Å². The zero-order chi connectivity index (χ0) is 18.2. The number of benzene rings is 1. The summed E-state index contributed by atoms with van der Waals surface area (Å²) in [6.45, 7) is 8.74. The molecule has 132 valence electrons. The van der Waals surface area contributed by atoms with E-state index in [4.69, 9.17) is 9.15 Å². The summed E-state index contributed by atoms with van der Waals surface area (Å²) < 4.78 is 14.0. The van der Waals surface area contributed by atoms with E-state index in [1.165, 1.54) is 0 Å². The first-order valence-corrected chi connectivity index (χ1v) is 8.78. The Kier molecular flexibility index (Phi) is 4.69. The second-order valence-electron chi connectivity index (χ2n) is 6.92. The zero-order valence-corrected chi connectivity index (χ0v) is 16.6.